The summed E-state index contributed by atoms with van der Waals surface area (Å²) in [5.74, 6) is 2.76. The van der Waals surface area contributed by atoms with E-state index in [1.165, 1.54) is 30.4 Å². The zero-order valence-corrected chi connectivity index (χ0v) is 12.6. The van der Waals surface area contributed by atoms with E-state index in [0.29, 0.717) is 23.5 Å². The van der Waals surface area contributed by atoms with E-state index in [9.17, 15) is 4.79 Å². The summed E-state index contributed by atoms with van der Waals surface area (Å²) < 4.78 is 0. The standard InChI is InChI=1S/C21H20O/c22-20-18-14-11-12-15(13-14)19(18)21(20,16-7-3-1-4-8-16)17-9-5-2-6-10-17/h1-10,14-15,18-19H,11-13H2/t14-,15+,18+,19-/m0/s1. The molecule has 3 aliphatic carbocycles. The lowest BCUT2D eigenvalue weighted by atomic mass is 9.44. The van der Waals surface area contributed by atoms with E-state index in [4.69, 9.17) is 0 Å². The number of hydrogen-bond acceptors (Lipinski definition) is 1. The van der Waals surface area contributed by atoms with Gasteiger partial charge in [-0.15, -0.1) is 0 Å². The van der Waals surface area contributed by atoms with Crippen LogP contribution in [0.25, 0.3) is 0 Å². The fourth-order valence-corrected chi connectivity index (χ4v) is 5.86. The number of hydrogen-bond donors (Lipinski definition) is 0. The van der Waals surface area contributed by atoms with E-state index < -0.39 is 0 Å². The van der Waals surface area contributed by atoms with Crippen LogP contribution in [0.5, 0.6) is 0 Å². The summed E-state index contributed by atoms with van der Waals surface area (Å²) >= 11 is 0. The molecule has 1 nitrogen and oxygen atoms in total. The quantitative estimate of drug-likeness (QED) is 0.808. The van der Waals surface area contributed by atoms with Crippen molar-refractivity contribution in [1.29, 1.82) is 0 Å². The molecule has 0 spiro atoms. The van der Waals surface area contributed by atoms with Gasteiger partial charge in [-0.05, 0) is 48.1 Å². The Morgan fingerprint density at radius 1 is 0.773 bits per heavy atom. The lowest BCUT2D eigenvalue weighted by Crippen LogP contribution is -2.63. The lowest BCUT2D eigenvalue weighted by Gasteiger charge is -2.56. The van der Waals surface area contributed by atoms with E-state index in [-0.39, 0.29) is 5.41 Å². The average molecular weight is 288 g/mol. The fourth-order valence-electron chi connectivity index (χ4n) is 5.86. The van der Waals surface area contributed by atoms with E-state index in [0.717, 1.165) is 5.92 Å². The van der Waals surface area contributed by atoms with Crippen molar-refractivity contribution in [2.75, 3.05) is 0 Å². The van der Waals surface area contributed by atoms with Crippen molar-refractivity contribution in [3.05, 3.63) is 71.8 Å². The van der Waals surface area contributed by atoms with Gasteiger partial charge in [0.1, 0.15) is 0 Å². The Hall–Kier alpha value is -1.89. The molecule has 3 saturated carbocycles. The number of rotatable bonds is 2. The maximum Gasteiger partial charge on any atom is 0.151 e. The predicted molar refractivity (Wildman–Crippen MR) is 86.5 cm³/mol. The smallest absolute Gasteiger partial charge is 0.151 e. The first-order valence-corrected chi connectivity index (χ1v) is 8.49. The summed E-state index contributed by atoms with van der Waals surface area (Å²) in [7, 11) is 0. The van der Waals surface area contributed by atoms with Crippen LogP contribution >= 0.6 is 0 Å². The van der Waals surface area contributed by atoms with Gasteiger partial charge in [0.2, 0.25) is 0 Å². The highest BCUT2D eigenvalue weighted by Crippen LogP contribution is 2.68. The summed E-state index contributed by atoms with van der Waals surface area (Å²) in [5, 5.41) is 0. The molecule has 2 aromatic rings. The van der Waals surface area contributed by atoms with Crippen molar-refractivity contribution in [3.8, 4) is 0 Å². The second kappa shape index (κ2) is 4.32. The molecule has 0 radical (unpaired) electrons. The van der Waals surface area contributed by atoms with Crippen molar-refractivity contribution in [1.82, 2.24) is 0 Å². The minimum absolute atomic E-state index is 0.333. The maximum atomic E-state index is 13.4. The number of ketones is 1. The normalized spacial score (nSPS) is 34.3. The minimum Gasteiger partial charge on any atom is -0.298 e. The molecule has 0 aromatic heterocycles. The maximum absolute atomic E-state index is 13.4. The Labute approximate surface area is 131 Å². The Morgan fingerprint density at radius 2 is 1.32 bits per heavy atom. The average Bonchev–Trinajstić information content (AvgIpc) is 3.16. The molecule has 2 bridgehead atoms. The van der Waals surface area contributed by atoms with Gasteiger partial charge in [0, 0.05) is 5.92 Å². The van der Waals surface area contributed by atoms with Gasteiger partial charge < -0.3 is 0 Å². The second-order valence-corrected chi connectivity index (χ2v) is 7.29. The molecule has 5 rings (SSSR count). The van der Waals surface area contributed by atoms with Crippen LogP contribution in [0.15, 0.2) is 60.7 Å². The topological polar surface area (TPSA) is 17.1 Å². The van der Waals surface area contributed by atoms with Crippen LogP contribution in [0.4, 0.5) is 0 Å². The van der Waals surface area contributed by atoms with Gasteiger partial charge >= 0.3 is 0 Å². The number of benzene rings is 2. The van der Waals surface area contributed by atoms with Gasteiger partial charge in [0.25, 0.3) is 0 Å². The number of carbonyl (C=O) groups excluding carboxylic acids is 1. The molecule has 0 unspecified atom stereocenters. The third-order valence-corrected chi connectivity index (χ3v) is 6.57. The van der Waals surface area contributed by atoms with Gasteiger partial charge in [-0.3, -0.25) is 4.79 Å². The molecule has 0 N–H and O–H groups in total. The van der Waals surface area contributed by atoms with Gasteiger partial charge in [-0.25, -0.2) is 0 Å². The largest absolute Gasteiger partial charge is 0.298 e. The minimum atomic E-state index is -0.368. The molecule has 2 aromatic carbocycles. The molecule has 4 atom stereocenters. The first-order chi connectivity index (χ1) is 10.8. The number of carbonyl (C=O) groups is 1. The van der Waals surface area contributed by atoms with Gasteiger partial charge in [0.05, 0.1) is 5.41 Å². The molecule has 0 heterocycles. The SMILES string of the molecule is O=C1[C@@H]2[C@H]3CC[C@H](C3)[C@@H]2C1(c1ccccc1)c1ccccc1. The van der Waals surface area contributed by atoms with Crippen LogP contribution in [0, 0.1) is 23.7 Å². The molecule has 1 heteroatoms. The monoisotopic (exact) mass is 288 g/mol. The highest BCUT2D eigenvalue weighted by atomic mass is 16.1. The lowest BCUT2D eigenvalue weighted by molar-refractivity contribution is -0.147. The van der Waals surface area contributed by atoms with Crippen LogP contribution in [-0.4, -0.2) is 5.78 Å². The van der Waals surface area contributed by atoms with Gasteiger partial charge in [-0.1, -0.05) is 60.7 Å². The van der Waals surface area contributed by atoms with Crippen LogP contribution in [0.1, 0.15) is 30.4 Å². The van der Waals surface area contributed by atoms with Crippen LogP contribution in [0.2, 0.25) is 0 Å². The van der Waals surface area contributed by atoms with Crippen LogP contribution < -0.4 is 0 Å². The van der Waals surface area contributed by atoms with Crippen molar-refractivity contribution in [2.45, 2.75) is 24.7 Å². The highest BCUT2D eigenvalue weighted by molar-refractivity contribution is 6.03. The summed E-state index contributed by atoms with van der Waals surface area (Å²) in [5.41, 5.74) is 2.05. The third kappa shape index (κ3) is 1.33. The number of fused-ring (bicyclic) bond motifs is 5. The highest BCUT2D eigenvalue weighted by Gasteiger charge is 2.71. The van der Waals surface area contributed by atoms with E-state index in [1.807, 2.05) is 12.1 Å². The zero-order chi connectivity index (χ0) is 14.7. The molecule has 0 saturated heterocycles. The fraction of sp³-hybridized carbons (Fsp3) is 0.381. The number of Topliss-reactive ketones (excluding diaryl/α,β-unsaturated/α-hetero) is 1. The molecule has 0 amide bonds. The summed E-state index contributed by atoms with van der Waals surface area (Å²) in [6.07, 6.45) is 3.88. The van der Waals surface area contributed by atoms with Gasteiger partial charge in [-0.2, -0.15) is 0 Å². The Kier molecular flexibility index (Phi) is 2.48. The molecule has 110 valence electrons. The van der Waals surface area contributed by atoms with Crippen molar-refractivity contribution < 1.29 is 4.79 Å². The van der Waals surface area contributed by atoms with Crippen molar-refractivity contribution >= 4 is 5.78 Å². The summed E-state index contributed by atoms with van der Waals surface area (Å²) in [6, 6.07) is 21.0. The Balaban J connectivity index is 1.74. The van der Waals surface area contributed by atoms with Crippen molar-refractivity contribution in [2.24, 2.45) is 23.7 Å². The first kappa shape index (κ1) is 12.6. The molecule has 3 aliphatic rings. The van der Waals surface area contributed by atoms with Crippen molar-refractivity contribution in [3.63, 3.8) is 0 Å². The molecular formula is C21H20O. The van der Waals surface area contributed by atoms with Crippen LogP contribution in [0.3, 0.4) is 0 Å². The summed E-state index contributed by atoms with van der Waals surface area (Å²) in [6.45, 7) is 0. The molecule has 0 aliphatic heterocycles. The molecule has 3 fully saturated rings. The second-order valence-electron chi connectivity index (χ2n) is 7.29. The zero-order valence-electron chi connectivity index (χ0n) is 12.6. The predicted octanol–water partition coefficient (Wildman–Crippen LogP) is 4.22. The van der Waals surface area contributed by atoms with E-state index >= 15 is 0 Å². The molecular weight excluding hydrogens is 268 g/mol. The van der Waals surface area contributed by atoms with E-state index in [2.05, 4.69) is 48.5 Å². The molecule has 22 heavy (non-hydrogen) atoms. The third-order valence-electron chi connectivity index (χ3n) is 6.57. The van der Waals surface area contributed by atoms with E-state index in [1.54, 1.807) is 0 Å². The van der Waals surface area contributed by atoms with Gasteiger partial charge in [0.15, 0.2) is 5.78 Å². The summed E-state index contributed by atoms with van der Waals surface area (Å²) in [4.78, 5) is 13.4. The Morgan fingerprint density at radius 3 is 1.91 bits per heavy atom. The first-order valence-electron chi connectivity index (χ1n) is 8.49. The van der Waals surface area contributed by atoms with Crippen LogP contribution in [-0.2, 0) is 10.2 Å². The Bertz CT molecular complexity index is 679.